The second-order valence-corrected chi connectivity index (χ2v) is 7.16. The summed E-state index contributed by atoms with van der Waals surface area (Å²) in [7, 11) is 1.98. The molecule has 24 heavy (non-hydrogen) atoms. The Bertz CT molecular complexity index is 894. The monoisotopic (exact) mass is 343 g/mol. The van der Waals surface area contributed by atoms with Crippen molar-refractivity contribution < 1.29 is 0 Å². The van der Waals surface area contributed by atoms with Gasteiger partial charge in [0.05, 0.1) is 28.0 Å². The van der Waals surface area contributed by atoms with Crippen LogP contribution in [0, 0.1) is 13.8 Å². The summed E-state index contributed by atoms with van der Waals surface area (Å²) in [5, 5.41) is 11.2. The Balaban J connectivity index is 1.56. The first-order valence-electron chi connectivity index (χ1n) is 8.38. The summed E-state index contributed by atoms with van der Waals surface area (Å²) >= 11 is 6.42. The molecule has 0 N–H and O–H groups in total. The maximum Gasteiger partial charge on any atom is 0.0858 e. The minimum Gasteiger partial charge on any atom is -0.295 e. The van der Waals surface area contributed by atoms with Crippen LogP contribution in [0.3, 0.4) is 0 Å². The van der Waals surface area contributed by atoms with E-state index >= 15 is 0 Å². The van der Waals surface area contributed by atoms with Crippen LogP contribution < -0.4 is 0 Å². The summed E-state index contributed by atoms with van der Waals surface area (Å²) in [6, 6.07) is 8.58. The Kier molecular flexibility index (Phi) is 3.85. The quantitative estimate of drug-likeness (QED) is 0.730. The molecule has 1 saturated heterocycles. The average molecular weight is 344 g/mol. The number of rotatable bonds is 3. The summed E-state index contributed by atoms with van der Waals surface area (Å²) < 4.78 is 4.10. The van der Waals surface area contributed by atoms with Crippen LogP contribution in [0.4, 0.5) is 0 Å². The molecule has 126 valence electrons. The molecule has 3 heterocycles. The van der Waals surface area contributed by atoms with Gasteiger partial charge in [-0.25, -0.2) is 0 Å². The van der Waals surface area contributed by atoms with Crippen molar-refractivity contribution in [3.05, 3.63) is 46.4 Å². The van der Waals surface area contributed by atoms with E-state index in [-0.39, 0.29) is 0 Å². The first kappa shape index (κ1) is 15.7. The van der Waals surface area contributed by atoms with E-state index in [1.165, 1.54) is 5.69 Å². The molecule has 0 aliphatic carbocycles. The number of aromatic nitrogens is 4. The molecule has 0 unspecified atom stereocenters. The normalized spacial score (nSPS) is 18.8. The molecule has 0 spiro atoms. The van der Waals surface area contributed by atoms with E-state index in [1.54, 1.807) is 0 Å². The molecule has 0 bridgehead atoms. The third kappa shape index (κ3) is 2.62. The molecule has 3 aromatic rings. The van der Waals surface area contributed by atoms with Crippen molar-refractivity contribution in [2.45, 2.75) is 32.9 Å². The molecule has 1 aliphatic heterocycles. The SMILES string of the molecule is Cc1cc(C)n([C@@H]2CCN(Cc3nn(C)c4cccc(Cl)c34)C2)n1. The summed E-state index contributed by atoms with van der Waals surface area (Å²) in [5.41, 5.74) is 4.48. The molecular weight excluding hydrogens is 322 g/mol. The Morgan fingerprint density at radius 3 is 2.83 bits per heavy atom. The van der Waals surface area contributed by atoms with Crippen LogP contribution in [-0.2, 0) is 13.6 Å². The first-order valence-corrected chi connectivity index (χ1v) is 8.76. The zero-order chi connectivity index (χ0) is 16.8. The minimum atomic E-state index is 0.448. The van der Waals surface area contributed by atoms with Crippen LogP contribution in [0.1, 0.15) is 29.5 Å². The fraction of sp³-hybridized carbons (Fsp3) is 0.444. The fourth-order valence-corrected chi connectivity index (χ4v) is 4.13. The third-order valence-corrected chi connectivity index (χ3v) is 5.23. The topological polar surface area (TPSA) is 38.9 Å². The standard InChI is InChI=1S/C18H22ClN5/c1-12-9-13(2)24(20-12)14-7-8-23(10-14)11-16-18-15(19)5-4-6-17(18)22(3)21-16/h4-6,9,14H,7-8,10-11H2,1-3H3/t14-/m1/s1. The number of aryl methyl sites for hydroxylation is 3. The zero-order valence-corrected chi connectivity index (χ0v) is 15.1. The van der Waals surface area contributed by atoms with Crippen molar-refractivity contribution in [2.24, 2.45) is 7.05 Å². The molecule has 1 aliphatic rings. The van der Waals surface area contributed by atoms with Crippen LogP contribution in [0.15, 0.2) is 24.3 Å². The highest BCUT2D eigenvalue weighted by Crippen LogP contribution is 2.29. The van der Waals surface area contributed by atoms with E-state index in [4.69, 9.17) is 16.7 Å². The number of hydrogen-bond acceptors (Lipinski definition) is 3. The zero-order valence-electron chi connectivity index (χ0n) is 14.3. The molecule has 6 heteroatoms. The second kappa shape index (κ2) is 5.90. The largest absolute Gasteiger partial charge is 0.295 e. The lowest BCUT2D eigenvalue weighted by Crippen LogP contribution is -2.22. The molecule has 4 rings (SSSR count). The Morgan fingerprint density at radius 1 is 1.25 bits per heavy atom. The summed E-state index contributed by atoms with van der Waals surface area (Å²) in [5.74, 6) is 0. The van der Waals surface area contributed by atoms with E-state index in [9.17, 15) is 0 Å². The predicted molar refractivity (Wildman–Crippen MR) is 96.4 cm³/mol. The lowest BCUT2D eigenvalue weighted by molar-refractivity contribution is 0.307. The van der Waals surface area contributed by atoms with Gasteiger partial charge in [-0.3, -0.25) is 14.3 Å². The molecule has 1 aromatic carbocycles. The maximum absolute atomic E-state index is 6.42. The molecule has 0 saturated carbocycles. The van der Waals surface area contributed by atoms with E-state index in [1.807, 2.05) is 23.9 Å². The molecular formula is C18H22ClN5. The Hall–Kier alpha value is -1.85. The van der Waals surface area contributed by atoms with Crippen LogP contribution in [0.5, 0.6) is 0 Å². The van der Waals surface area contributed by atoms with E-state index < -0.39 is 0 Å². The fourth-order valence-electron chi connectivity index (χ4n) is 3.85. The molecule has 1 atom stereocenters. The van der Waals surface area contributed by atoms with Crippen molar-refractivity contribution in [1.82, 2.24) is 24.5 Å². The van der Waals surface area contributed by atoms with Crippen molar-refractivity contribution in [1.29, 1.82) is 0 Å². The molecule has 0 amide bonds. The Morgan fingerprint density at radius 2 is 2.08 bits per heavy atom. The highest BCUT2D eigenvalue weighted by atomic mass is 35.5. The van der Waals surface area contributed by atoms with Gasteiger partial charge in [-0.15, -0.1) is 0 Å². The van der Waals surface area contributed by atoms with Gasteiger partial charge in [-0.05, 0) is 38.5 Å². The van der Waals surface area contributed by atoms with Gasteiger partial charge in [-0.1, -0.05) is 17.7 Å². The number of halogens is 1. The smallest absolute Gasteiger partial charge is 0.0858 e. The van der Waals surface area contributed by atoms with Crippen molar-refractivity contribution in [2.75, 3.05) is 13.1 Å². The van der Waals surface area contributed by atoms with Gasteiger partial charge in [0.25, 0.3) is 0 Å². The van der Waals surface area contributed by atoms with E-state index in [0.29, 0.717) is 6.04 Å². The van der Waals surface area contributed by atoms with Gasteiger partial charge in [0.1, 0.15) is 0 Å². The summed E-state index contributed by atoms with van der Waals surface area (Å²) in [6.07, 6.45) is 1.13. The second-order valence-electron chi connectivity index (χ2n) is 6.75. The minimum absolute atomic E-state index is 0.448. The molecule has 2 aromatic heterocycles. The highest BCUT2D eigenvalue weighted by Gasteiger charge is 2.27. The predicted octanol–water partition coefficient (Wildman–Crippen LogP) is 3.49. The van der Waals surface area contributed by atoms with Crippen LogP contribution in [0.25, 0.3) is 10.9 Å². The van der Waals surface area contributed by atoms with E-state index in [2.05, 4.69) is 40.7 Å². The van der Waals surface area contributed by atoms with Gasteiger partial charge in [0.2, 0.25) is 0 Å². The lowest BCUT2D eigenvalue weighted by Gasteiger charge is -2.16. The molecule has 5 nitrogen and oxygen atoms in total. The Labute approximate surface area is 146 Å². The lowest BCUT2D eigenvalue weighted by atomic mass is 10.2. The van der Waals surface area contributed by atoms with Gasteiger partial charge >= 0.3 is 0 Å². The average Bonchev–Trinajstić information content (AvgIpc) is 3.20. The number of nitrogens with zero attached hydrogens (tertiary/aromatic N) is 5. The van der Waals surface area contributed by atoms with Gasteiger partial charge in [0.15, 0.2) is 0 Å². The van der Waals surface area contributed by atoms with Gasteiger partial charge in [-0.2, -0.15) is 10.2 Å². The number of benzene rings is 1. The van der Waals surface area contributed by atoms with Crippen LogP contribution in [-0.4, -0.2) is 37.6 Å². The van der Waals surface area contributed by atoms with Gasteiger partial charge in [0, 0.05) is 37.8 Å². The summed E-state index contributed by atoms with van der Waals surface area (Å²) in [4.78, 5) is 2.45. The molecule has 0 radical (unpaired) electrons. The van der Waals surface area contributed by atoms with Crippen molar-refractivity contribution in [3.63, 3.8) is 0 Å². The number of likely N-dealkylation sites (tertiary alicyclic amines) is 1. The maximum atomic E-state index is 6.42. The molecule has 1 fully saturated rings. The van der Waals surface area contributed by atoms with E-state index in [0.717, 1.165) is 53.4 Å². The summed E-state index contributed by atoms with van der Waals surface area (Å²) in [6.45, 7) is 7.08. The van der Waals surface area contributed by atoms with Crippen molar-refractivity contribution in [3.8, 4) is 0 Å². The number of hydrogen-bond donors (Lipinski definition) is 0. The van der Waals surface area contributed by atoms with Crippen LogP contribution in [0.2, 0.25) is 5.02 Å². The highest BCUT2D eigenvalue weighted by molar-refractivity contribution is 6.35. The first-order chi connectivity index (χ1) is 11.5. The third-order valence-electron chi connectivity index (χ3n) is 4.91. The van der Waals surface area contributed by atoms with Crippen molar-refractivity contribution >= 4 is 22.5 Å². The van der Waals surface area contributed by atoms with Crippen LogP contribution >= 0.6 is 11.6 Å². The van der Waals surface area contributed by atoms with Gasteiger partial charge < -0.3 is 0 Å². The number of fused-ring (bicyclic) bond motifs is 1.